The first-order valence-corrected chi connectivity index (χ1v) is 16.4. The number of nitrogens with one attached hydrogen (secondary N) is 1. The summed E-state index contributed by atoms with van der Waals surface area (Å²) in [5.41, 5.74) is 0.953. The topological polar surface area (TPSA) is 161 Å². The van der Waals surface area contributed by atoms with Gasteiger partial charge < -0.3 is 30.3 Å². The molecule has 7 atom stereocenters. The SMILES string of the molecule is C=C1C(NC(C)C(=O)CC2=NCC=N2)CC2[C@](C)(CC[C@@H](O)[C@@]2(C)CO)C1/C=C/C1=CC(=C(/C(=O)O)c2ccc(N(C)C)cc2)/OC1=O. The number of carboxylic acids is 1. The van der Waals surface area contributed by atoms with Gasteiger partial charge in [-0.3, -0.25) is 9.79 Å². The fraction of sp³-hybridized carbons (Fsp3) is 0.486. The highest BCUT2D eigenvalue weighted by molar-refractivity contribution is 6.18. The van der Waals surface area contributed by atoms with Crippen molar-refractivity contribution in [2.24, 2.45) is 32.7 Å². The van der Waals surface area contributed by atoms with Crippen molar-refractivity contribution in [2.75, 3.05) is 32.1 Å². The molecule has 0 radical (unpaired) electrons. The highest BCUT2D eigenvalue weighted by Crippen LogP contribution is 2.61. The number of amidine groups is 1. The van der Waals surface area contributed by atoms with Crippen molar-refractivity contribution in [3.63, 3.8) is 0 Å². The van der Waals surface area contributed by atoms with E-state index in [4.69, 9.17) is 4.74 Å². The number of aliphatic hydroxyl groups is 2. The van der Waals surface area contributed by atoms with Crippen LogP contribution in [0.25, 0.3) is 5.57 Å². The molecular weight excluding hydrogens is 612 g/mol. The predicted molar refractivity (Wildman–Crippen MR) is 185 cm³/mol. The maximum absolute atomic E-state index is 13.1. The Labute approximate surface area is 281 Å². The number of hydrogen-bond donors (Lipinski definition) is 4. The molecule has 0 spiro atoms. The van der Waals surface area contributed by atoms with Gasteiger partial charge in [0.05, 0.1) is 37.3 Å². The summed E-state index contributed by atoms with van der Waals surface area (Å²) in [6, 6.07) is 6.08. The lowest BCUT2D eigenvalue weighted by Crippen LogP contribution is -2.61. The van der Waals surface area contributed by atoms with Crippen LogP contribution in [0.5, 0.6) is 0 Å². The van der Waals surface area contributed by atoms with Crippen molar-refractivity contribution >= 4 is 41.0 Å². The number of aliphatic hydroxyl groups excluding tert-OH is 2. The number of esters is 1. The summed E-state index contributed by atoms with van der Waals surface area (Å²) in [7, 11) is 3.77. The number of ether oxygens (including phenoxy) is 1. The summed E-state index contributed by atoms with van der Waals surface area (Å²) in [6.07, 6.45) is 7.77. The number of aliphatic imine (C=N–C) groups is 2. The molecule has 0 aromatic heterocycles. The van der Waals surface area contributed by atoms with Gasteiger partial charge in [0.2, 0.25) is 0 Å². The van der Waals surface area contributed by atoms with Crippen LogP contribution in [0.4, 0.5) is 5.69 Å². The first kappa shape index (κ1) is 35.1. The number of aliphatic carboxylic acids is 1. The van der Waals surface area contributed by atoms with E-state index in [1.54, 1.807) is 43.5 Å². The first-order chi connectivity index (χ1) is 22.7. The average Bonchev–Trinajstić information content (AvgIpc) is 3.69. The molecule has 2 aliphatic carbocycles. The van der Waals surface area contributed by atoms with Gasteiger partial charge in [-0.15, -0.1) is 0 Å². The van der Waals surface area contributed by atoms with E-state index in [-0.39, 0.29) is 53.6 Å². The van der Waals surface area contributed by atoms with E-state index in [0.717, 1.165) is 11.3 Å². The monoisotopic (exact) mass is 658 g/mol. The molecule has 1 aromatic rings. The largest absolute Gasteiger partial charge is 0.478 e. The van der Waals surface area contributed by atoms with Gasteiger partial charge in [0, 0.05) is 43.4 Å². The zero-order chi connectivity index (χ0) is 35.0. The number of hydrogen-bond acceptors (Lipinski definition) is 10. The number of benzene rings is 1. The number of carbonyl (C=O) groups is 3. The Kier molecular flexibility index (Phi) is 10.1. The summed E-state index contributed by atoms with van der Waals surface area (Å²) in [6.45, 7) is 10.6. The van der Waals surface area contributed by atoms with Gasteiger partial charge in [0.1, 0.15) is 17.2 Å². The molecule has 11 heteroatoms. The number of allylic oxidation sites excluding steroid dienone is 2. The van der Waals surface area contributed by atoms with Crippen LogP contribution in [0.2, 0.25) is 0 Å². The van der Waals surface area contributed by atoms with Gasteiger partial charge in [0.15, 0.2) is 5.78 Å². The van der Waals surface area contributed by atoms with Gasteiger partial charge in [-0.05, 0) is 61.3 Å². The van der Waals surface area contributed by atoms with E-state index in [2.05, 4.69) is 28.8 Å². The highest BCUT2D eigenvalue weighted by Gasteiger charge is 2.59. The molecule has 2 saturated carbocycles. The third kappa shape index (κ3) is 6.59. The lowest BCUT2D eigenvalue weighted by atomic mass is 9.45. The summed E-state index contributed by atoms with van der Waals surface area (Å²) in [5.74, 6) is -1.95. The average molecular weight is 659 g/mol. The van der Waals surface area contributed by atoms with Crippen molar-refractivity contribution < 1.29 is 34.4 Å². The number of carbonyl (C=O) groups excluding carboxylic acids is 2. The molecule has 5 rings (SSSR count). The normalized spacial score (nSPS) is 31.6. The number of carboxylic acid groups (broad SMARTS) is 1. The van der Waals surface area contributed by atoms with E-state index in [1.807, 2.05) is 32.0 Å². The number of nitrogens with zero attached hydrogens (tertiary/aromatic N) is 3. The molecule has 11 nitrogen and oxygen atoms in total. The molecule has 4 N–H and O–H groups in total. The molecule has 256 valence electrons. The highest BCUT2D eigenvalue weighted by atomic mass is 16.5. The summed E-state index contributed by atoms with van der Waals surface area (Å²) in [4.78, 5) is 48.9. The van der Waals surface area contributed by atoms with Gasteiger partial charge >= 0.3 is 11.9 Å². The standard InChI is InChI=1S/C37H46N4O7/c1-21-26(12-9-24-17-29(48-35(24)47)33(34(45)46)23-7-10-25(11-8-23)41(5)6)36(3)14-13-31(44)37(4,20-42)30(36)18-27(21)40-22(2)28(43)19-32-38-15-16-39-32/h7-12,15,17,22,26-27,30-31,40,42,44H,1,13-14,16,18-20H2,2-6H3,(H,45,46)/b12-9+,33-29-/t22?,26?,27?,30?,31-,36-,37+/m1/s1. The Balaban J connectivity index is 1.47. The number of Topliss-reactive ketones (excluding diaryl/α,β-unsaturated/α-hetero) is 1. The summed E-state index contributed by atoms with van der Waals surface area (Å²) >= 11 is 0. The first-order valence-electron chi connectivity index (χ1n) is 16.4. The Hall–Kier alpha value is -4.19. The Morgan fingerprint density at radius 1 is 1.23 bits per heavy atom. The van der Waals surface area contributed by atoms with Crippen LogP contribution in [0.3, 0.4) is 0 Å². The van der Waals surface area contributed by atoms with Gasteiger partial charge in [0.25, 0.3) is 0 Å². The van der Waals surface area contributed by atoms with Crippen LogP contribution in [0, 0.1) is 22.7 Å². The maximum Gasteiger partial charge on any atom is 0.343 e. The fourth-order valence-electron chi connectivity index (χ4n) is 7.87. The Morgan fingerprint density at radius 3 is 2.54 bits per heavy atom. The summed E-state index contributed by atoms with van der Waals surface area (Å²) in [5, 5.41) is 35.3. The van der Waals surface area contributed by atoms with E-state index in [1.165, 1.54) is 6.08 Å². The van der Waals surface area contributed by atoms with Crippen LogP contribution >= 0.6 is 0 Å². The molecule has 2 aliphatic heterocycles. The molecule has 2 fully saturated rings. The van der Waals surface area contributed by atoms with Crippen molar-refractivity contribution in [1.82, 2.24) is 5.32 Å². The fourth-order valence-corrected chi connectivity index (χ4v) is 7.87. The molecule has 2 heterocycles. The second-order valence-corrected chi connectivity index (χ2v) is 14.1. The lowest BCUT2D eigenvalue weighted by molar-refractivity contribution is -0.149. The van der Waals surface area contributed by atoms with E-state index >= 15 is 0 Å². The minimum atomic E-state index is -1.22. The summed E-state index contributed by atoms with van der Waals surface area (Å²) < 4.78 is 5.49. The van der Waals surface area contributed by atoms with Gasteiger partial charge in [-0.1, -0.05) is 50.3 Å². The van der Waals surface area contributed by atoms with Crippen molar-refractivity contribution in [3.8, 4) is 0 Å². The predicted octanol–water partition coefficient (Wildman–Crippen LogP) is 3.73. The van der Waals surface area contributed by atoms with Crippen molar-refractivity contribution in [1.29, 1.82) is 0 Å². The van der Waals surface area contributed by atoms with Crippen LogP contribution in [-0.4, -0.2) is 90.5 Å². The molecular formula is C37H46N4O7. The van der Waals surface area contributed by atoms with Gasteiger partial charge in [-0.25, -0.2) is 14.6 Å². The van der Waals surface area contributed by atoms with Crippen LogP contribution in [0.15, 0.2) is 76.0 Å². The zero-order valence-electron chi connectivity index (χ0n) is 28.3. The second kappa shape index (κ2) is 13.7. The molecule has 0 saturated heterocycles. The van der Waals surface area contributed by atoms with Crippen LogP contribution in [0.1, 0.15) is 52.0 Å². The minimum Gasteiger partial charge on any atom is -0.478 e. The number of cyclic esters (lactones) is 1. The molecule has 48 heavy (non-hydrogen) atoms. The lowest BCUT2D eigenvalue weighted by Gasteiger charge is -2.61. The van der Waals surface area contributed by atoms with Crippen LogP contribution in [-0.2, 0) is 19.1 Å². The number of rotatable bonds is 11. The Morgan fingerprint density at radius 2 is 1.94 bits per heavy atom. The minimum absolute atomic E-state index is 0.0481. The number of anilines is 1. The maximum atomic E-state index is 13.1. The molecule has 0 bridgehead atoms. The van der Waals surface area contributed by atoms with Gasteiger partial charge in [-0.2, -0.15) is 0 Å². The third-order valence-electron chi connectivity index (χ3n) is 10.9. The zero-order valence-corrected chi connectivity index (χ0v) is 28.3. The van der Waals surface area contributed by atoms with E-state index in [9.17, 15) is 29.7 Å². The number of fused-ring (bicyclic) bond motifs is 1. The molecule has 1 aromatic carbocycles. The van der Waals surface area contributed by atoms with Crippen LogP contribution < -0.4 is 10.2 Å². The second-order valence-electron chi connectivity index (χ2n) is 14.1. The molecule has 4 unspecified atom stereocenters. The smallest absolute Gasteiger partial charge is 0.343 e. The third-order valence-corrected chi connectivity index (χ3v) is 10.9. The molecule has 4 aliphatic rings. The number of ketones is 1. The van der Waals surface area contributed by atoms with E-state index < -0.39 is 34.9 Å². The quantitative estimate of drug-likeness (QED) is 0.158. The Bertz CT molecular complexity index is 1640. The van der Waals surface area contributed by atoms with Crippen molar-refractivity contribution in [2.45, 2.75) is 64.6 Å². The van der Waals surface area contributed by atoms with E-state index in [0.29, 0.717) is 37.2 Å². The van der Waals surface area contributed by atoms with Crippen molar-refractivity contribution in [3.05, 3.63) is 71.5 Å². The molecule has 0 amide bonds.